The molecule has 0 bridgehead atoms. The fraction of sp³-hybridized carbons (Fsp3) is 0.583. The van der Waals surface area contributed by atoms with Gasteiger partial charge in [-0.2, -0.15) is 0 Å². The van der Waals surface area contributed by atoms with E-state index in [-0.39, 0.29) is 25.0 Å². The number of carboxylic acid groups (broad SMARTS) is 1. The van der Waals surface area contributed by atoms with Crippen molar-refractivity contribution in [2.75, 3.05) is 6.54 Å². The average Bonchev–Trinajstić information content (AvgIpc) is 2.89. The van der Waals surface area contributed by atoms with Crippen LogP contribution in [-0.2, 0) is 11.3 Å². The molecule has 7 nitrogen and oxygen atoms in total. The smallest absolute Gasteiger partial charge is 0.317 e. The zero-order valence-corrected chi connectivity index (χ0v) is 10.5. The van der Waals surface area contributed by atoms with Crippen LogP contribution in [0.2, 0.25) is 0 Å². The molecule has 2 rings (SSSR count). The van der Waals surface area contributed by atoms with Crippen molar-refractivity contribution in [1.82, 2.24) is 15.4 Å². The Morgan fingerprint density at radius 3 is 3.05 bits per heavy atom. The van der Waals surface area contributed by atoms with Crippen molar-refractivity contribution in [3.05, 3.63) is 18.0 Å². The summed E-state index contributed by atoms with van der Waals surface area (Å²) in [4.78, 5) is 24.5. The SMILES string of the molecule is O=C(O)CC1CCCCN1C(=O)NCc1ccon1. The van der Waals surface area contributed by atoms with E-state index in [4.69, 9.17) is 5.11 Å². The molecule has 7 heteroatoms. The van der Waals surface area contributed by atoms with Gasteiger partial charge < -0.3 is 19.8 Å². The van der Waals surface area contributed by atoms with Gasteiger partial charge in [0.25, 0.3) is 0 Å². The molecular weight excluding hydrogens is 250 g/mol. The number of carboxylic acids is 1. The highest BCUT2D eigenvalue weighted by Crippen LogP contribution is 2.19. The Labute approximate surface area is 110 Å². The van der Waals surface area contributed by atoms with Crippen LogP contribution in [0.5, 0.6) is 0 Å². The molecule has 2 heterocycles. The zero-order chi connectivity index (χ0) is 13.7. The predicted molar refractivity (Wildman–Crippen MR) is 65.3 cm³/mol. The quantitative estimate of drug-likeness (QED) is 0.855. The van der Waals surface area contributed by atoms with Gasteiger partial charge in [0.15, 0.2) is 0 Å². The van der Waals surface area contributed by atoms with Crippen LogP contribution in [0.1, 0.15) is 31.4 Å². The van der Waals surface area contributed by atoms with Crippen LogP contribution in [0, 0.1) is 0 Å². The summed E-state index contributed by atoms with van der Waals surface area (Å²) >= 11 is 0. The van der Waals surface area contributed by atoms with E-state index in [1.165, 1.54) is 6.26 Å². The van der Waals surface area contributed by atoms with Gasteiger partial charge in [-0.25, -0.2) is 4.79 Å². The second-order valence-electron chi connectivity index (χ2n) is 4.59. The third-order valence-electron chi connectivity index (χ3n) is 3.21. The van der Waals surface area contributed by atoms with E-state index in [0.29, 0.717) is 12.2 Å². The average molecular weight is 267 g/mol. The second kappa shape index (κ2) is 6.21. The van der Waals surface area contributed by atoms with Crippen LogP contribution in [0.15, 0.2) is 16.9 Å². The molecule has 0 aliphatic carbocycles. The summed E-state index contributed by atoms with van der Waals surface area (Å²) in [5.74, 6) is -0.874. The van der Waals surface area contributed by atoms with Crippen molar-refractivity contribution >= 4 is 12.0 Å². The monoisotopic (exact) mass is 267 g/mol. The molecule has 2 amide bonds. The Balaban J connectivity index is 1.89. The van der Waals surface area contributed by atoms with Crippen molar-refractivity contribution < 1.29 is 19.2 Å². The maximum atomic E-state index is 12.0. The Bertz CT molecular complexity index is 432. The number of urea groups is 1. The van der Waals surface area contributed by atoms with Crippen molar-refractivity contribution in [2.45, 2.75) is 38.3 Å². The highest BCUT2D eigenvalue weighted by Gasteiger charge is 2.28. The van der Waals surface area contributed by atoms with Crippen LogP contribution in [0.3, 0.4) is 0 Å². The molecular formula is C12H17N3O4. The molecule has 1 aromatic rings. The van der Waals surface area contributed by atoms with Gasteiger partial charge >= 0.3 is 12.0 Å². The van der Waals surface area contributed by atoms with E-state index >= 15 is 0 Å². The topological polar surface area (TPSA) is 95.7 Å². The Morgan fingerprint density at radius 1 is 1.53 bits per heavy atom. The van der Waals surface area contributed by atoms with Gasteiger partial charge in [0.1, 0.15) is 12.0 Å². The summed E-state index contributed by atoms with van der Waals surface area (Å²) in [6, 6.07) is 1.21. The highest BCUT2D eigenvalue weighted by molar-refractivity contribution is 5.76. The van der Waals surface area contributed by atoms with E-state index in [1.54, 1.807) is 11.0 Å². The van der Waals surface area contributed by atoms with Gasteiger partial charge in [-0.3, -0.25) is 4.79 Å². The van der Waals surface area contributed by atoms with Crippen molar-refractivity contribution in [2.24, 2.45) is 0 Å². The van der Waals surface area contributed by atoms with Crippen LogP contribution in [-0.4, -0.2) is 39.8 Å². The summed E-state index contributed by atoms with van der Waals surface area (Å²) in [6.45, 7) is 0.883. The van der Waals surface area contributed by atoms with Crippen molar-refractivity contribution in [3.63, 3.8) is 0 Å². The number of piperidine rings is 1. The number of hydrogen-bond donors (Lipinski definition) is 2. The number of aliphatic carboxylic acids is 1. The number of carbonyl (C=O) groups is 2. The maximum Gasteiger partial charge on any atom is 0.317 e. The van der Waals surface area contributed by atoms with Crippen LogP contribution in [0.25, 0.3) is 0 Å². The van der Waals surface area contributed by atoms with Gasteiger partial charge in [0.2, 0.25) is 0 Å². The van der Waals surface area contributed by atoms with Gasteiger partial charge in [-0.15, -0.1) is 0 Å². The van der Waals surface area contributed by atoms with Crippen molar-refractivity contribution in [1.29, 1.82) is 0 Å². The number of hydrogen-bond acceptors (Lipinski definition) is 4. The third-order valence-corrected chi connectivity index (χ3v) is 3.21. The molecule has 0 radical (unpaired) electrons. The lowest BCUT2D eigenvalue weighted by atomic mass is 10.00. The van der Waals surface area contributed by atoms with Crippen LogP contribution < -0.4 is 5.32 Å². The van der Waals surface area contributed by atoms with Crippen molar-refractivity contribution in [3.8, 4) is 0 Å². The number of carbonyl (C=O) groups excluding carboxylic acids is 1. The molecule has 2 N–H and O–H groups in total. The van der Waals surface area contributed by atoms with Gasteiger partial charge in [-0.1, -0.05) is 5.16 Å². The zero-order valence-electron chi connectivity index (χ0n) is 10.5. The minimum Gasteiger partial charge on any atom is -0.481 e. The van der Waals surface area contributed by atoms with Gasteiger partial charge in [-0.05, 0) is 19.3 Å². The fourth-order valence-corrected chi connectivity index (χ4v) is 2.28. The van der Waals surface area contributed by atoms with E-state index < -0.39 is 5.97 Å². The first-order chi connectivity index (χ1) is 9.16. The molecule has 1 saturated heterocycles. The molecule has 0 saturated carbocycles. The second-order valence-corrected chi connectivity index (χ2v) is 4.59. The first-order valence-electron chi connectivity index (χ1n) is 6.32. The number of aromatic nitrogens is 1. The Kier molecular flexibility index (Phi) is 4.38. The molecule has 1 aliphatic rings. The first-order valence-corrected chi connectivity index (χ1v) is 6.32. The molecule has 1 unspecified atom stereocenters. The lowest BCUT2D eigenvalue weighted by Gasteiger charge is -2.34. The molecule has 1 fully saturated rings. The predicted octanol–water partition coefficient (Wildman–Crippen LogP) is 1.21. The molecule has 19 heavy (non-hydrogen) atoms. The molecule has 1 aromatic heterocycles. The standard InChI is InChI=1S/C12H17N3O4/c16-11(17)7-10-3-1-2-5-15(10)12(18)13-8-9-4-6-19-14-9/h4,6,10H,1-3,5,7-8H2,(H,13,18)(H,16,17). The molecule has 1 aliphatic heterocycles. The summed E-state index contributed by atoms with van der Waals surface area (Å²) in [5.41, 5.74) is 0.639. The van der Waals surface area contributed by atoms with Gasteiger partial charge in [0.05, 0.1) is 13.0 Å². The normalized spacial score (nSPS) is 19.2. The number of nitrogens with zero attached hydrogens (tertiary/aromatic N) is 2. The van der Waals surface area contributed by atoms with E-state index in [9.17, 15) is 9.59 Å². The Morgan fingerprint density at radius 2 is 2.37 bits per heavy atom. The number of amides is 2. The van der Waals surface area contributed by atoms with E-state index in [0.717, 1.165) is 19.3 Å². The third kappa shape index (κ3) is 3.70. The summed E-state index contributed by atoms with van der Waals surface area (Å²) in [5, 5.41) is 15.3. The molecule has 0 spiro atoms. The lowest BCUT2D eigenvalue weighted by molar-refractivity contribution is -0.138. The number of likely N-dealkylation sites (tertiary alicyclic amines) is 1. The van der Waals surface area contributed by atoms with Crippen LogP contribution >= 0.6 is 0 Å². The van der Waals surface area contributed by atoms with E-state index in [1.807, 2.05) is 0 Å². The summed E-state index contributed by atoms with van der Waals surface area (Å²) in [7, 11) is 0. The largest absolute Gasteiger partial charge is 0.481 e. The van der Waals surface area contributed by atoms with Gasteiger partial charge in [0, 0.05) is 18.7 Å². The number of nitrogens with one attached hydrogen (secondary N) is 1. The molecule has 0 aromatic carbocycles. The molecule has 104 valence electrons. The fourth-order valence-electron chi connectivity index (χ4n) is 2.28. The van der Waals surface area contributed by atoms with Crippen LogP contribution in [0.4, 0.5) is 4.79 Å². The minimum absolute atomic E-state index is 0.00260. The number of rotatable bonds is 4. The first kappa shape index (κ1) is 13.4. The summed E-state index contributed by atoms with van der Waals surface area (Å²) < 4.78 is 4.67. The van der Waals surface area contributed by atoms with E-state index in [2.05, 4.69) is 15.0 Å². The summed E-state index contributed by atoms with van der Waals surface area (Å²) in [6.07, 6.45) is 4.05. The lowest BCUT2D eigenvalue weighted by Crippen LogP contribution is -2.49. The highest BCUT2D eigenvalue weighted by atomic mass is 16.5. The minimum atomic E-state index is -0.874. The Hall–Kier alpha value is -2.05. The maximum absolute atomic E-state index is 12.0. The molecule has 1 atom stereocenters.